The monoisotopic (exact) mass is 500 g/mol. The van der Waals surface area contributed by atoms with E-state index < -0.39 is 17.7 Å². The van der Waals surface area contributed by atoms with Crippen LogP contribution in [-0.2, 0) is 6.54 Å². The Morgan fingerprint density at radius 3 is 2.22 bits per heavy atom. The third kappa shape index (κ3) is 3.95. The van der Waals surface area contributed by atoms with E-state index >= 15 is 0 Å². The number of carbonyl (C=O) groups is 3. The molecule has 1 N–H and O–H groups in total. The van der Waals surface area contributed by atoms with Crippen LogP contribution in [0.5, 0.6) is 5.88 Å². The first kappa shape index (κ1) is 23.4. The van der Waals surface area contributed by atoms with Crippen LogP contribution in [0.15, 0.2) is 77.0 Å². The van der Waals surface area contributed by atoms with E-state index in [2.05, 4.69) is 10.2 Å². The molecule has 0 aliphatic carbocycles. The van der Waals surface area contributed by atoms with Gasteiger partial charge in [-0.3, -0.25) is 14.4 Å². The lowest BCUT2D eigenvalue weighted by atomic mass is 10.1. The summed E-state index contributed by atoms with van der Waals surface area (Å²) in [4.78, 5) is 39.2. The van der Waals surface area contributed by atoms with Crippen molar-refractivity contribution in [2.24, 2.45) is 16.1 Å². The van der Waals surface area contributed by atoms with E-state index in [0.717, 1.165) is 10.4 Å². The Morgan fingerprint density at radius 2 is 1.61 bits per heavy atom. The molecule has 4 aromatic rings. The van der Waals surface area contributed by atoms with Crippen molar-refractivity contribution in [3.8, 4) is 5.88 Å². The Kier molecular flexibility index (Phi) is 5.89. The SMILES string of the molecule is CC(C)Cn1c(O)c(N=NC(=O)c2ccc(N3C(=O)c4ccccc4C3=O)cc2)c2cc(Cl)ccc21. The Hall–Kier alpha value is -4.30. The van der Waals surface area contributed by atoms with E-state index in [0.29, 0.717) is 33.8 Å². The minimum absolute atomic E-state index is 0.0986. The molecule has 9 heteroatoms. The van der Waals surface area contributed by atoms with Gasteiger partial charge in [-0.2, -0.15) is 0 Å². The highest BCUT2D eigenvalue weighted by Gasteiger charge is 2.36. The Morgan fingerprint density at radius 1 is 0.972 bits per heavy atom. The number of amides is 3. The molecule has 180 valence electrons. The Balaban J connectivity index is 1.41. The molecule has 0 unspecified atom stereocenters. The summed E-state index contributed by atoms with van der Waals surface area (Å²) >= 11 is 6.15. The van der Waals surface area contributed by atoms with Crippen molar-refractivity contribution in [2.45, 2.75) is 20.4 Å². The first-order valence-corrected chi connectivity index (χ1v) is 11.7. The zero-order valence-electron chi connectivity index (χ0n) is 19.5. The lowest BCUT2D eigenvalue weighted by Gasteiger charge is -2.13. The minimum atomic E-state index is -0.643. The summed E-state index contributed by atoms with van der Waals surface area (Å²) in [5.41, 5.74) is 2.13. The van der Waals surface area contributed by atoms with Crippen LogP contribution in [0.2, 0.25) is 5.02 Å². The summed E-state index contributed by atoms with van der Waals surface area (Å²) in [6.07, 6.45) is 0. The molecule has 1 aliphatic heterocycles. The van der Waals surface area contributed by atoms with Gasteiger partial charge in [0.25, 0.3) is 17.7 Å². The van der Waals surface area contributed by atoms with Crippen molar-refractivity contribution in [3.63, 3.8) is 0 Å². The van der Waals surface area contributed by atoms with Gasteiger partial charge in [0.05, 0.1) is 22.3 Å². The number of aromatic nitrogens is 1. The number of fused-ring (bicyclic) bond motifs is 2. The highest BCUT2D eigenvalue weighted by atomic mass is 35.5. The van der Waals surface area contributed by atoms with E-state index in [1.807, 2.05) is 13.8 Å². The number of halogens is 1. The van der Waals surface area contributed by atoms with E-state index in [9.17, 15) is 19.5 Å². The van der Waals surface area contributed by atoms with Gasteiger partial charge in [-0.25, -0.2) is 4.90 Å². The first-order chi connectivity index (χ1) is 17.3. The lowest BCUT2D eigenvalue weighted by molar-refractivity contribution is 0.0925. The molecule has 0 saturated carbocycles. The summed E-state index contributed by atoms with van der Waals surface area (Å²) in [6, 6.07) is 17.8. The first-order valence-electron chi connectivity index (χ1n) is 11.3. The third-order valence-corrected chi connectivity index (χ3v) is 6.16. The fourth-order valence-electron chi connectivity index (χ4n) is 4.27. The van der Waals surface area contributed by atoms with Crippen LogP contribution in [0.1, 0.15) is 44.9 Å². The predicted molar refractivity (Wildman–Crippen MR) is 136 cm³/mol. The summed E-state index contributed by atoms with van der Waals surface area (Å²) in [6.45, 7) is 4.60. The molecule has 2 heterocycles. The molecule has 5 rings (SSSR count). The van der Waals surface area contributed by atoms with Crippen LogP contribution in [0.3, 0.4) is 0 Å². The highest BCUT2D eigenvalue weighted by molar-refractivity contribution is 6.34. The number of hydrogen-bond acceptors (Lipinski definition) is 5. The molecule has 36 heavy (non-hydrogen) atoms. The molecule has 0 spiro atoms. The molecule has 8 nitrogen and oxygen atoms in total. The minimum Gasteiger partial charge on any atom is -0.493 e. The van der Waals surface area contributed by atoms with Crippen LogP contribution in [-0.4, -0.2) is 27.4 Å². The fourth-order valence-corrected chi connectivity index (χ4v) is 4.45. The number of anilines is 1. The highest BCUT2D eigenvalue weighted by Crippen LogP contribution is 2.40. The predicted octanol–water partition coefficient (Wildman–Crippen LogP) is 6.38. The normalized spacial score (nSPS) is 13.4. The number of hydrogen-bond donors (Lipinski definition) is 1. The van der Waals surface area contributed by atoms with Crippen molar-refractivity contribution in [1.29, 1.82) is 0 Å². The molecule has 1 aliphatic rings. The van der Waals surface area contributed by atoms with E-state index in [-0.39, 0.29) is 23.0 Å². The standard InChI is InChI=1S/C27H21ClN4O4/c1-15(2)14-31-22-12-9-17(28)13-21(22)23(27(31)36)29-30-24(33)16-7-10-18(11-8-16)32-25(34)19-5-3-4-6-20(19)26(32)35/h3-13,15,36H,14H2,1-2H3. The molecular weight excluding hydrogens is 480 g/mol. The average molecular weight is 501 g/mol. The molecular formula is C27H21ClN4O4. The Labute approximate surface area is 211 Å². The molecule has 0 fully saturated rings. The zero-order valence-corrected chi connectivity index (χ0v) is 20.2. The van der Waals surface area contributed by atoms with E-state index in [1.165, 1.54) is 24.3 Å². The van der Waals surface area contributed by atoms with Gasteiger partial charge in [-0.1, -0.05) is 37.6 Å². The smallest absolute Gasteiger partial charge is 0.295 e. The summed E-state index contributed by atoms with van der Waals surface area (Å²) < 4.78 is 1.71. The van der Waals surface area contributed by atoms with E-state index in [4.69, 9.17) is 11.6 Å². The van der Waals surface area contributed by atoms with Gasteiger partial charge in [-0.05, 0) is 60.5 Å². The molecule has 3 amide bonds. The van der Waals surface area contributed by atoms with Crippen LogP contribution < -0.4 is 4.90 Å². The molecule has 0 radical (unpaired) electrons. The number of azo groups is 1. The second-order valence-corrected chi connectivity index (χ2v) is 9.32. The van der Waals surface area contributed by atoms with Gasteiger partial charge in [0.15, 0.2) is 5.69 Å². The van der Waals surface area contributed by atoms with Crippen molar-refractivity contribution in [2.75, 3.05) is 4.90 Å². The number of aromatic hydroxyl groups is 1. The number of imide groups is 1. The second-order valence-electron chi connectivity index (χ2n) is 8.88. The van der Waals surface area contributed by atoms with Crippen molar-refractivity contribution in [1.82, 2.24) is 4.57 Å². The molecule has 1 aromatic heterocycles. The second kappa shape index (κ2) is 9.05. The number of nitrogens with zero attached hydrogens (tertiary/aromatic N) is 4. The number of rotatable bonds is 5. The van der Waals surface area contributed by atoms with Gasteiger partial charge in [0.2, 0.25) is 5.88 Å². The maximum absolute atomic E-state index is 12.7. The quantitative estimate of drug-likeness (QED) is 0.253. The molecule has 0 bridgehead atoms. The average Bonchev–Trinajstić information content (AvgIpc) is 3.27. The molecule has 0 atom stereocenters. The maximum atomic E-state index is 12.7. The zero-order chi connectivity index (χ0) is 25.6. The van der Waals surface area contributed by atoms with Crippen molar-refractivity contribution in [3.05, 3.63) is 88.4 Å². The lowest BCUT2D eigenvalue weighted by Crippen LogP contribution is -2.29. The van der Waals surface area contributed by atoms with Gasteiger partial charge in [-0.15, -0.1) is 10.2 Å². The van der Waals surface area contributed by atoms with Crippen molar-refractivity contribution >= 4 is 51.6 Å². The molecule has 0 saturated heterocycles. The van der Waals surface area contributed by atoms with Crippen LogP contribution in [0.4, 0.5) is 11.4 Å². The topological polar surface area (TPSA) is 104 Å². The number of carbonyl (C=O) groups excluding carboxylic acids is 3. The van der Waals surface area contributed by atoms with Gasteiger partial charge in [0.1, 0.15) is 0 Å². The Bertz CT molecular complexity index is 1540. The summed E-state index contributed by atoms with van der Waals surface area (Å²) in [5, 5.41) is 19.7. The van der Waals surface area contributed by atoms with Gasteiger partial charge < -0.3 is 9.67 Å². The van der Waals surface area contributed by atoms with E-state index in [1.54, 1.807) is 47.0 Å². The number of benzene rings is 3. The maximum Gasteiger partial charge on any atom is 0.295 e. The van der Waals surface area contributed by atoms with Gasteiger partial charge >= 0.3 is 0 Å². The van der Waals surface area contributed by atoms with Crippen LogP contribution in [0, 0.1) is 5.92 Å². The summed E-state index contributed by atoms with van der Waals surface area (Å²) in [7, 11) is 0. The van der Waals surface area contributed by atoms with Crippen molar-refractivity contribution < 1.29 is 19.5 Å². The molecule has 3 aromatic carbocycles. The summed E-state index contributed by atoms with van der Waals surface area (Å²) in [5.74, 6) is -1.31. The van der Waals surface area contributed by atoms with Crippen LogP contribution >= 0.6 is 11.6 Å². The van der Waals surface area contributed by atoms with Gasteiger partial charge in [0, 0.05) is 22.5 Å². The third-order valence-electron chi connectivity index (χ3n) is 5.93. The largest absolute Gasteiger partial charge is 0.493 e. The fraction of sp³-hybridized carbons (Fsp3) is 0.148. The van der Waals surface area contributed by atoms with Crippen LogP contribution in [0.25, 0.3) is 10.9 Å².